The largest absolute Gasteiger partial charge is 0.346 e. The third kappa shape index (κ3) is 4.28. The number of H-pyrrole nitrogens is 1. The third-order valence-corrected chi connectivity index (χ3v) is 7.24. The second kappa shape index (κ2) is 9.47. The van der Waals surface area contributed by atoms with E-state index in [1.807, 2.05) is 60.8 Å². The van der Waals surface area contributed by atoms with Crippen molar-refractivity contribution in [1.29, 1.82) is 0 Å². The molecule has 0 bridgehead atoms. The maximum absolute atomic E-state index is 13.6. The third-order valence-electron chi connectivity index (χ3n) is 6.95. The fraction of sp³-hybridized carbons (Fsp3) is 0.207. The molecule has 1 N–H and O–H groups in total. The normalized spacial score (nSPS) is 15.1. The van der Waals surface area contributed by atoms with Crippen LogP contribution >= 0.6 is 11.6 Å². The van der Waals surface area contributed by atoms with Crippen molar-refractivity contribution in [3.63, 3.8) is 0 Å². The van der Waals surface area contributed by atoms with E-state index in [0.29, 0.717) is 22.6 Å². The molecule has 3 aromatic heterocycles. The van der Waals surface area contributed by atoms with Gasteiger partial charge < -0.3 is 9.88 Å². The summed E-state index contributed by atoms with van der Waals surface area (Å²) in [6, 6.07) is 19.8. The highest BCUT2D eigenvalue weighted by Gasteiger charge is 2.19. The van der Waals surface area contributed by atoms with Gasteiger partial charge in [-0.3, -0.25) is 14.7 Å². The lowest BCUT2D eigenvalue weighted by Crippen LogP contribution is -2.44. The Hall–Kier alpha value is -3.58. The Bertz CT molecular complexity index is 1620. The van der Waals surface area contributed by atoms with Crippen LogP contribution in [0.25, 0.3) is 44.3 Å². The second-order valence-corrected chi connectivity index (χ2v) is 9.81. The van der Waals surface area contributed by atoms with Crippen molar-refractivity contribution in [3.05, 3.63) is 93.9 Å². The van der Waals surface area contributed by atoms with E-state index in [9.17, 15) is 4.79 Å². The summed E-state index contributed by atoms with van der Waals surface area (Å²) in [6.45, 7) is 4.55. The summed E-state index contributed by atoms with van der Waals surface area (Å²) < 4.78 is 0. The van der Waals surface area contributed by atoms with E-state index in [1.165, 1.54) is 0 Å². The second-order valence-electron chi connectivity index (χ2n) is 9.40. The molecule has 0 aliphatic carbocycles. The first-order valence-corrected chi connectivity index (χ1v) is 12.5. The topological polar surface area (TPSA) is 65.1 Å². The van der Waals surface area contributed by atoms with Gasteiger partial charge in [0.05, 0.1) is 21.6 Å². The summed E-state index contributed by atoms with van der Waals surface area (Å²) in [7, 11) is 2.13. The van der Waals surface area contributed by atoms with E-state index in [0.717, 1.165) is 65.0 Å². The Labute approximate surface area is 214 Å². The van der Waals surface area contributed by atoms with Crippen molar-refractivity contribution in [2.75, 3.05) is 33.2 Å². The van der Waals surface area contributed by atoms with Crippen molar-refractivity contribution in [2.45, 2.75) is 6.54 Å². The summed E-state index contributed by atoms with van der Waals surface area (Å²) in [5.74, 6) is 0. The first kappa shape index (κ1) is 22.9. The molecule has 6 rings (SSSR count). The average molecular weight is 496 g/mol. The van der Waals surface area contributed by atoms with Crippen molar-refractivity contribution < 1.29 is 0 Å². The molecule has 6 nitrogen and oxygen atoms in total. The monoisotopic (exact) mass is 495 g/mol. The van der Waals surface area contributed by atoms with Gasteiger partial charge in [-0.05, 0) is 36.9 Å². The molecule has 36 heavy (non-hydrogen) atoms. The molecule has 0 spiro atoms. The molecule has 1 fully saturated rings. The highest BCUT2D eigenvalue weighted by molar-refractivity contribution is 6.35. The molecule has 1 aliphatic rings. The zero-order valence-corrected chi connectivity index (χ0v) is 20.8. The number of hydrogen-bond donors (Lipinski definition) is 1. The van der Waals surface area contributed by atoms with E-state index in [-0.39, 0.29) is 5.43 Å². The lowest BCUT2D eigenvalue weighted by Gasteiger charge is -2.32. The maximum atomic E-state index is 13.6. The zero-order valence-electron chi connectivity index (χ0n) is 20.0. The van der Waals surface area contributed by atoms with Gasteiger partial charge in [-0.2, -0.15) is 0 Å². The Balaban J connectivity index is 1.52. The van der Waals surface area contributed by atoms with Gasteiger partial charge in [-0.25, -0.2) is 4.98 Å². The number of fused-ring (bicyclic) bond motifs is 2. The number of aromatic amines is 1. The number of piperazine rings is 1. The van der Waals surface area contributed by atoms with Gasteiger partial charge >= 0.3 is 0 Å². The smallest absolute Gasteiger partial charge is 0.195 e. The van der Waals surface area contributed by atoms with Gasteiger partial charge in [0.1, 0.15) is 5.65 Å². The van der Waals surface area contributed by atoms with Crippen molar-refractivity contribution in [3.8, 4) is 22.4 Å². The summed E-state index contributed by atoms with van der Waals surface area (Å²) >= 11 is 6.64. The van der Waals surface area contributed by atoms with E-state index < -0.39 is 0 Å². The molecular weight excluding hydrogens is 470 g/mol. The van der Waals surface area contributed by atoms with E-state index in [4.69, 9.17) is 16.6 Å². The molecule has 5 aromatic rings. The number of nitrogens with one attached hydrogen (secondary N) is 1. The fourth-order valence-electron chi connectivity index (χ4n) is 4.89. The van der Waals surface area contributed by atoms with E-state index in [2.05, 4.69) is 32.9 Å². The van der Waals surface area contributed by atoms with Crippen LogP contribution < -0.4 is 5.43 Å². The minimum atomic E-state index is 0.0181. The van der Waals surface area contributed by atoms with Crippen LogP contribution in [0.2, 0.25) is 5.02 Å². The molecule has 180 valence electrons. The fourth-order valence-corrected chi connectivity index (χ4v) is 5.17. The van der Waals surface area contributed by atoms with Gasteiger partial charge in [0.15, 0.2) is 5.43 Å². The van der Waals surface area contributed by atoms with E-state index >= 15 is 0 Å². The molecule has 4 heterocycles. The molecule has 1 saturated heterocycles. The Morgan fingerprint density at radius 1 is 0.972 bits per heavy atom. The summed E-state index contributed by atoms with van der Waals surface area (Å²) in [5.41, 5.74) is 5.64. The van der Waals surface area contributed by atoms with Crippen LogP contribution in [0.4, 0.5) is 0 Å². The Kier molecular flexibility index (Phi) is 6.01. The summed E-state index contributed by atoms with van der Waals surface area (Å²) in [5, 5.41) is 2.09. The molecule has 0 unspecified atom stereocenters. The Morgan fingerprint density at radius 3 is 2.58 bits per heavy atom. The molecule has 0 amide bonds. The number of benzene rings is 2. The van der Waals surface area contributed by atoms with E-state index in [1.54, 1.807) is 6.20 Å². The minimum absolute atomic E-state index is 0.0181. The number of hydrogen-bond acceptors (Lipinski definition) is 5. The van der Waals surface area contributed by atoms with Crippen LogP contribution in [0.5, 0.6) is 0 Å². The van der Waals surface area contributed by atoms with Crippen LogP contribution in [0.1, 0.15) is 5.56 Å². The van der Waals surface area contributed by atoms with Gasteiger partial charge in [0.25, 0.3) is 0 Å². The zero-order chi connectivity index (χ0) is 24.6. The molecule has 2 aromatic carbocycles. The first-order valence-electron chi connectivity index (χ1n) is 12.1. The van der Waals surface area contributed by atoms with Gasteiger partial charge in [0.2, 0.25) is 0 Å². The SMILES string of the molecule is CN1CCN(Cc2c[nH]c3nc(-c4ccccc4)c(-c4cc(Cl)c5ncccc5c4)cc3c2=O)CC1. The van der Waals surface area contributed by atoms with Crippen LogP contribution in [-0.2, 0) is 6.54 Å². The Morgan fingerprint density at radius 2 is 1.78 bits per heavy atom. The van der Waals surface area contributed by atoms with Gasteiger partial charge in [-0.15, -0.1) is 0 Å². The van der Waals surface area contributed by atoms with Crippen LogP contribution in [0.3, 0.4) is 0 Å². The predicted molar refractivity (Wildman–Crippen MR) is 146 cm³/mol. The predicted octanol–water partition coefficient (Wildman–Crippen LogP) is 5.21. The molecule has 7 heteroatoms. The van der Waals surface area contributed by atoms with Crippen LogP contribution in [0.15, 0.2) is 77.9 Å². The number of halogens is 1. The number of rotatable bonds is 4. The lowest BCUT2D eigenvalue weighted by molar-refractivity contribution is 0.148. The molecule has 0 saturated carbocycles. The minimum Gasteiger partial charge on any atom is -0.346 e. The number of nitrogens with zero attached hydrogens (tertiary/aromatic N) is 4. The molecule has 0 radical (unpaired) electrons. The quantitative estimate of drug-likeness (QED) is 0.371. The molecule has 1 aliphatic heterocycles. The molecular formula is C29H26ClN5O. The first-order chi connectivity index (χ1) is 17.6. The highest BCUT2D eigenvalue weighted by Crippen LogP contribution is 2.36. The van der Waals surface area contributed by atoms with Gasteiger partial charge in [0, 0.05) is 67.2 Å². The summed E-state index contributed by atoms with van der Waals surface area (Å²) in [4.78, 5) is 31.0. The van der Waals surface area contributed by atoms with Crippen LogP contribution in [0, 0.1) is 0 Å². The highest BCUT2D eigenvalue weighted by atomic mass is 35.5. The van der Waals surface area contributed by atoms with Crippen molar-refractivity contribution >= 4 is 33.5 Å². The van der Waals surface area contributed by atoms with Gasteiger partial charge in [-0.1, -0.05) is 48.0 Å². The lowest BCUT2D eigenvalue weighted by atomic mass is 9.96. The van der Waals surface area contributed by atoms with Crippen molar-refractivity contribution in [2.24, 2.45) is 0 Å². The molecule has 0 atom stereocenters. The van der Waals surface area contributed by atoms with Crippen molar-refractivity contribution in [1.82, 2.24) is 24.8 Å². The average Bonchev–Trinajstić information content (AvgIpc) is 2.91. The standard InChI is InChI=1S/C29H26ClN5O/c1-34-10-12-35(13-11-34)18-22-17-32-29-24(28(22)36)16-23(26(33-29)19-6-3-2-4-7-19)21-14-20-8-5-9-31-27(20)25(30)15-21/h2-9,14-17H,10-13,18H2,1H3,(H,32,33,36). The maximum Gasteiger partial charge on any atom is 0.195 e. The van der Waals surface area contributed by atoms with Crippen LogP contribution in [-0.4, -0.2) is 58.0 Å². The number of pyridine rings is 3. The number of likely N-dealkylation sites (N-methyl/N-ethyl adjacent to an activating group) is 1. The number of aromatic nitrogens is 3. The summed E-state index contributed by atoms with van der Waals surface area (Å²) in [6.07, 6.45) is 3.56.